The summed E-state index contributed by atoms with van der Waals surface area (Å²) in [6.07, 6.45) is 9.06. The molecule has 0 aromatic rings. The highest BCUT2D eigenvalue weighted by atomic mass is 79.9. The van der Waals surface area contributed by atoms with Crippen molar-refractivity contribution in [3.63, 3.8) is 0 Å². The van der Waals surface area contributed by atoms with Crippen LogP contribution >= 0.6 is 15.9 Å². The Bertz CT molecular complexity index is 607. The number of Topliss-reactive ketones (excluding diaryl/α,β-unsaturated/α-hetero) is 1. The molecular formula is C22H33BrO2. The van der Waals surface area contributed by atoms with E-state index < -0.39 is 5.60 Å². The maximum atomic E-state index is 12.5. The highest BCUT2D eigenvalue weighted by Gasteiger charge is 2.58. The van der Waals surface area contributed by atoms with E-state index in [1.54, 1.807) is 11.1 Å². The molecule has 25 heavy (non-hydrogen) atoms. The van der Waals surface area contributed by atoms with Crippen LogP contribution in [0.2, 0.25) is 0 Å². The number of hydrogen-bond acceptors (Lipinski definition) is 2. The zero-order valence-electron chi connectivity index (χ0n) is 16.0. The molecule has 3 saturated carbocycles. The highest BCUT2D eigenvalue weighted by Crippen LogP contribution is 2.64. The van der Waals surface area contributed by atoms with Crippen molar-refractivity contribution >= 4 is 21.7 Å². The molecule has 4 aliphatic rings. The smallest absolute Gasteiger partial charge is 0.147 e. The summed E-state index contributed by atoms with van der Waals surface area (Å²) < 4.78 is 0. The van der Waals surface area contributed by atoms with E-state index >= 15 is 0 Å². The van der Waals surface area contributed by atoms with E-state index in [4.69, 9.17) is 0 Å². The molecule has 0 amide bonds. The number of ketones is 1. The van der Waals surface area contributed by atoms with Crippen LogP contribution < -0.4 is 0 Å². The lowest BCUT2D eigenvalue weighted by Gasteiger charge is -2.55. The third-order valence-electron chi connectivity index (χ3n) is 8.63. The Kier molecular flexibility index (Phi) is 4.51. The fraction of sp³-hybridized carbons (Fsp3) is 0.864. The Morgan fingerprint density at radius 1 is 1.16 bits per heavy atom. The van der Waals surface area contributed by atoms with E-state index in [1.807, 2.05) is 6.92 Å². The van der Waals surface area contributed by atoms with Crippen LogP contribution in [-0.2, 0) is 4.79 Å². The summed E-state index contributed by atoms with van der Waals surface area (Å²) in [6, 6.07) is 0. The first kappa shape index (κ1) is 18.2. The van der Waals surface area contributed by atoms with Crippen molar-refractivity contribution < 1.29 is 9.90 Å². The topological polar surface area (TPSA) is 37.3 Å². The predicted molar refractivity (Wildman–Crippen MR) is 105 cm³/mol. The van der Waals surface area contributed by atoms with Gasteiger partial charge in [0.15, 0.2) is 0 Å². The lowest BCUT2D eigenvalue weighted by atomic mass is 9.50. The molecule has 4 aliphatic carbocycles. The van der Waals surface area contributed by atoms with Gasteiger partial charge in [-0.25, -0.2) is 0 Å². The molecule has 7 atom stereocenters. The average Bonchev–Trinajstić information content (AvgIpc) is 2.91. The molecule has 0 aromatic heterocycles. The Balaban J connectivity index is 1.63. The van der Waals surface area contributed by atoms with E-state index in [2.05, 4.69) is 29.8 Å². The number of alkyl halides is 1. The van der Waals surface area contributed by atoms with Gasteiger partial charge >= 0.3 is 0 Å². The van der Waals surface area contributed by atoms with Crippen LogP contribution in [-0.4, -0.2) is 21.8 Å². The number of carbonyl (C=O) groups excluding carboxylic acids is 1. The molecule has 2 nitrogen and oxygen atoms in total. The van der Waals surface area contributed by atoms with Crippen LogP contribution in [0, 0.1) is 35.0 Å². The molecule has 4 rings (SSSR count). The minimum Gasteiger partial charge on any atom is -0.390 e. The number of hydrogen-bond donors (Lipinski definition) is 1. The molecule has 0 aliphatic heterocycles. The SMILES string of the molecule is CC1=C2CC(C)(O)CCC2C2CCC3(C)C(C(=O)CBr)CCC3C2C1. The van der Waals surface area contributed by atoms with Crippen molar-refractivity contribution in [2.24, 2.45) is 35.0 Å². The molecule has 7 unspecified atom stereocenters. The summed E-state index contributed by atoms with van der Waals surface area (Å²) in [7, 11) is 0. The van der Waals surface area contributed by atoms with Crippen molar-refractivity contribution in [1.29, 1.82) is 0 Å². The maximum absolute atomic E-state index is 12.5. The van der Waals surface area contributed by atoms with Crippen molar-refractivity contribution in [2.75, 3.05) is 5.33 Å². The van der Waals surface area contributed by atoms with Gasteiger partial charge in [0.2, 0.25) is 0 Å². The van der Waals surface area contributed by atoms with Gasteiger partial charge in [-0.05, 0) is 94.3 Å². The van der Waals surface area contributed by atoms with Gasteiger partial charge in [-0.1, -0.05) is 34.0 Å². The number of aliphatic hydroxyl groups is 1. The minimum absolute atomic E-state index is 0.226. The van der Waals surface area contributed by atoms with E-state index in [0.29, 0.717) is 17.0 Å². The number of allylic oxidation sites excluding steroid dienone is 1. The van der Waals surface area contributed by atoms with Gasteiger partial charge in [-0.2, -0.15) is 0 Å². The summed E-state index contributed by atoms with van der Waals surface area (Å²) in [5, 5.41) is 11.1. The van der Waals surface area contributed by atoms with Gasteiger partial charge in [-0.3, -0.25) is 4.79 Å². The molecule has 0 radical (unpaired) electrons. The first-order valence-corrected chi connectivity index (χ1v) is 11.4. The normalized spacial score (nSPS) is 49.4. The van der Waals surface area contributed by atoms with Gasteiger partial charge in [0, 0.05) is 5.92 Å². The third-order valence-corrected chi connectivity index (χ3v) is 9.19. The highest BCUT2D eigenvalue weighted by molar-refractivity contribution is 9.09. The number of fused-ring (bicyclic) bond motifs is 5. The van der Waals surface area contributed by atoms with Crippen LogP contribution in [0.3, 0.4) is 0 Å². The van der Waals surface area contributed by atoms with Crippen molar-refractivity contribution in [2.45, 2.75) is 77.7 Å². The fourth-order valence-electron chi connectivity index (χ4n) is 7.43. The van der Waals surface area contributed by atoms with Gasteiger partial charge in [0.25, 0.3) is 0 Å². The van der Waals surface area contributed by atoms with Gasteiger partial charge < -0.3 is 5.11 Å². The molecule has 0 aromatic carbocycles. The third kappa shape index (κ3) is 2.79. The Hall–Kier alpha value is -0.150. The number of carbonyl (C=O) groups is 1. The van der Waals surface area contributed by atoms with Crippen LogP contribution in [0.1, 0.15) is 72.1 Å². The molecule has 0 heterocycles. The average molecular weight is 409 g/mol. The van der Waals surface area contributed by atoms with Crippen molar-refractivity contribution in [3.8, 4) is 0 Å². The molecule has 3 heteroatoms. The van der Waals surface area contributed by atoms with E-state index in [9.17, 15) is 9.90 Å². The molecule has 0 saturated heterocycles. The zero-order valence-corrected chi connectivity index (χ0v) is 17.6. The fourth-order valence-corrected chi connectivity index (χ4v) is 7.82. The number of halogens is 1. The minimum atomic E-state index is -0.496. The van der Waals surface area contributed by atoms with Crippen LogP contribution in [0.15, 0.2) is 11.1 Å². The summed E-state index contributed by atoms with van der Waals surface area (Å²) in [4.78, 5) is 12.5. The monoisotopic (exact) mass is 408 g/mol. The molecule has 0 bridgehead atoms. The molecule has 1 N–H and O–H groups in total. The Morgan fingerprint density at radius 2 is 1.92 bits per heavy atom. The number of rotatable bonds is 2. The van der Waals surface area contributed by atoms with Crippen LogP contribution in [0.25, 0.3) is 0 Å². The van der Waals surface area contributed by atoms with Crippen LogP contribution in [0.4, 0.5) is 0 Å². The lowest BCUT2D eigenvalue weighted by Crippen LogP contribution is -2.49. The summed E-state index contributed by atoms with van der Waals surface area (Å²) in [5.41, 5.74) is 2.88. The van der Waals surface area contributed by atoms with Crippen LogP contribution in [0.5, 0.6) is 0 Å². The standard InChI is InChI=1S/C22H33BrO2/c1-13-10-16-14(15-6-8-21(2,25)11-17(13)15)7-9-22(3)18(16)4-5-19(22)20(24)12-23/h14-16,18-19,25H,4-12H2,1-3H3. The first-order valence-electron chi connectivity index (χ1n) is 10.3. The van der Waals surface area contributed by atoms with E-state index in [1.165, 1.54) is 25.7 Å². The quantitative estimate of drug-likeness (QED) is 0.498. The van der Waals surface area contributed by atoms with E-state index in [-0.39, 0.29) is 11.3 Å². The molecule has 0 spiro atoms. The first-order chi connectivity index (χ1) is 11.8. The molecule has 3 fully saturated rings. The molecule has 140 valence electrons. The zero-order chi connectivity index (χ0) is 18.0. The second-order valence-corrected chi connectivity index (χ2v) is 10.6. The largest absolute Gasteiger partial charge is 0.390 e. The summed E-state index contributed by atoms with van der Waals surface area (Å²) >= 11 is 3.42. The van der Waals surface area contributed by atoms with Gasteiger partial charge in [0.1, 0.15) is 5.78 Å². The second kappa shape index (κ2) is 6.19. The summed E-state index contributed by atoms with van der Waals surface area (Å²) in [5.74, 6) is 3.69. The Labute approximate surface area is 161 Å². The van der Waals surface area contributed by atoms with E-state index in [0.717, 1.165) is 43.4 Å². The molecular weight excluding hydrogens is 376 g/mol. The maximum Gasteiger partial charge on any atom is 0.147 e. The van der Waals surface area contributed by atoms with Crippen molar-refractivity contribution in [1.82, 2.24) is 0 Å². The second-order valence-electron chi connectivity index (χ2n) is 10.0. The lowest BCUT2D eigenvalue weighted by molar-refractivity contribution is -0.126. The van der Waals surface area contributed by atoms with Gasteiger partial charge in [-0.15, -0.1) is 0 Å². The Morgan fingerprint density at radius 3 is 2.64 bits per heavy atom. The van der Waals surface area contributed by atoms with Gasteiger partial charge in [0.05, 0.1) is 10.9 Å². The summed E-state index contributed by atoms with van der Waals surface area (Å²) in [6.45, 7) is 6.76. The van der Waals surface area contributed by atoms with Crippen molar-refractivity contribution in [3.05, 3.63) is 11.1 Å². The predicted octanol–water partition coefficient (Wildman–Crippen LogP) is 5.28.